The van der Waals surface area contributed by atoms with Crippen molar-refractivity contribution in [2.75, 3.05) is 5.75 Å². The van der Waals surface area contributed by atoms with E-state index in [4.69, 9.17) is 9.15 Å². The zero-order chi connectivity index (χ0) is 23.5. The molecule has 7 nitrogen and oxygen atoms in total. The van der Waals surface area contributed by atoms with E-state index < -0.39 is 5.82 Å². The molecular weight excluding hydrogens is 455 g/mol. The van der Waals surface area contributed by atoms with E-state index in [1.54, 1.807) is 30.5 Å². The minimum absolute atomic E-state index is 0.104. The molecule has 2 fully saturated rings. The lowest BCUT2D eigenvalue weighted by molar-refractivity contribution is -0.118. The Morgan fingerprint density at radius 1 is 1.26 bits per heavy atom. The van der Waals surface area contributed by atoms with Crippen molar-refractivity contribution in [1.82, 2.24) is 20.1 Å². The van der Waals surface area contributed by atoms with Gasteiger partial charge in [-0.15, -0.1) is 10.2 Å². The lowest BCUT2D eigenvalue weighted by atomic mass is 9.84. The highest BCUT2D eigenvalue weighted by atomic mass is 32.2. The first-order valence-electron chi connectivity index (χ1n) is 11.8. The third-order valence-corrected chi connectivity index (χ3v) is 8.06. The van der Waals surface area contributed by atoms with Crippen molar-refractivity contribution >= 4 is 17.7 Å². The zero-order valence-corrected chi connectivity index (χ0v) is 20.0. The van der Waals surface area contributed by atoms with E-state index in [1.165, 1.54) is 43.5 Å². The number of para-hydroxylation sites is 1. The van der Waals surface area contributed by atoms with Crippen LogP contribution in [-0.4, -0.2) is 26.4 Å². The van der Waals surface area contributed by atoms with Gasteiger partial charge in [0.2, 0.25) is 5.91 Å². The van der Waals surface area contributed by atoms with Crippen LogP contribution in [0.3, 0.4) is 0 Å². The predicted molar refractivity (Wildman–Crippen MR) is 126 cm³/mol. The second-order valence-corrected chi connectivity index (χ2v) is 10.2. The van der Waals surface area contributed by atoms with Gasteiger partial charge in [-0.3, -0.25) is 9.36 Å². The summed E-state index contributed by atoms with van der Waals surface area (Å²) in [6.45, 7) is 2.68. The SMILES string of the molecule is CC(C1CC2CCC1C2)n1c(COc2ccccc2F)nnc1SCC(=O)NCc1ccco1. The third kappa shape index (κ3) is 4.99. The van der Waals surface area contributed by atoms with Crippen molar-refractivity contribution in [3.63, 3.8) is 0 Å². The minimum Gasteiger partial charge on any atom is -0.483 e. The topological polar surface area (TPSA) is 82.2 Å². The van der Waals surface area contributed by atoms with Crippen molar-refractivity contribution in [3.8, 4) is 5.75 Å². The Morgan fingerprint density at radius 3 is 2.88 bits per heavy atom. The molecule has 2 aliphatic rings. The van der Waals surface area contributed by atoms with Gasteiger partial charge >= 0.3 is 0 Å². The maximum absolute atomic E-state index is 14.1. The molecule has 4 unspecified atom stereocenters. The van der Waals surface area contributed by atoms with Crippen LogP contribution in [0.4, 0.5) is 4.39 Å². The normalized spacial score (nSPS) is 22.1. The van der Waals surface area contributed by atoms with Gasteiger partial charge in [0, 0.05) is 6.04 Å². The number of furan rings is 1. The number of aromatic nitrogens is 3. The standard InChI is InChI=1S/C25H29FN4O3S/c1-16(20-12-17-8-9-18(20)11-17)30-23(14-33-22-7-3-2-6-21(22)26)28-29-25(30)34-15-24(31)27-13-19-5-4-10-32-19/h2-7,10,16-18,20H,8-9,11-15H2,1H3,(H,27,31). The molecule has 0 radical (unpaired) electrons. The number of rotatable bonds is 10. The number of thioether (sulfide) groups is 1. The quantitative estimate of drug-likeness (QED) is 0.408. The van der Waals surface area contributed by atoms with Crippen LogP contribution in [0.1, 0.15) is 50.2 Å². The van der Waals surface area contributed by atoms with Crippen LogP contribution in [0.25, 0.3) is 0 Å². The number of halogens is 1. The first-order chi connectivity index (χ1) is 16.6. The lowest BCUT2D eigenvalue weighted by Crippen LogP contribution is -2.26. The van der Waals surface area contributed by atoms with E-state index in [0.717, 1.165) is 11.8 Å². The van der Waals surface area contributed by atoms with Crippen LogP contribution in [-0.2, 0) is 17.9 Å². The molecule has 9 heteroatoms. The molecule has 1 N–H and O–H groups in total. The van der Waals surface area contributed by atoms with Gasteiger partial charge < -0.3 is 14.5 Å². The smallest absolute Gasteiger partial charge is 0.230 e. The molecule has 5 rings (SSSR count). The number of benzene rings is 1. The third-order valence-electron chi connectivity index (χ3n) is 7.12. The molecule has 2 heterocycles. The molecule has 2 bridgehead atoms. The Bertz CT molecular complexity index is 1120. The van der Waals surface area contributed by atoms with E-state index in [-0.39, 0.29) is 30.1 Å². The second-order valence-electron chi connectivity index (χ2n) is 9.21. The second kappa shape index (κ2) is 10.2. The molecule has 2 saturated carbocycles. The molecule has 1 amide bonds. The maximum atomic E-state index is 14.1. The summed E-state index contributed by atoms with van der Waals surface area (Å²) >= 11 is 1.36. The van der Waals surface area contributed by atoms with Crippen LogP contribution >= 0.6 is 11.8 Å². The van der Waals surface area contributed by atoms with Gasteiger partial charge in [0.1, 0.15) is 12.4 Å². The van der Waals surface area contributed by atoms with Crippen molar-refractivity contribution in [1.29, 1.82) is 0 Å². The summed E-state index contributed by atoms with van der Waals surface area (Å²) in [5, 5.41) is 12.3. The van der Waals surface area contributed by atoms with Gasteiger partial charge in [-0.2, -0.15) is 0 Å². The Hall–Kier alpha value is -2.81. The molecule has 180 valence electrons. The number of nitrogens with one attached hydrogen (secondary N) is 1. The minimum atomic E-state index is -0.405. The van der Waals surface area contributed by atoms with Crippen molar-refractivity contribution in [2.45, 2.75) is 57.0 Å². The molecule has 0 saturated heterocycles. The average molecular weight is 485 g/mol. The Kier molecular flexibility index (Phi) is 6.89. The molecular formula is C25H29FN4O3S. The number of amides is 1. The van der Waals surface area contributed by atoms with Gasteiger partial charge in [0.15, 0.2) is 22.5 Å². The summed E-state index contributed by atoms with van der Waals surface area (Å²) < 4.78 is 27.2. The van der Waals surface area contributed by atoms with E-state index in [2.05, 4.69) is 27.0 Å². The molecule has 2 aromatic heterocycles. The zero-order valence-electron chi connectivity index (χ0n) is 19.2. The monoisotopic (exact) mass is 484 g/mol. The van der Waals surface area contributed by atoms with Crippen LogP contribution in [0.2, 0.25) is 0 Å². The highest BCUT2D eigenvalue weighted by molar-refractivity contribution is 7.99. The van der Waals surface area contributed by atoms with Gasteiger partial charge in [0.25, 0.3) is 0 Å². The highest BCUT2D eigenvalue weighted by Crippen LogP contribution is 2.52. The number of nitrogens with zero attached hydrogens (tertiary/aromatic N) is 3. The summed E-state index contributed by atoms with van der Waals surface area (Å²) in [6, 6.07) is 10.1. The summed E-state index contributed by atoms with van der Waals surface area (Å²) in [6.07, 6.45) is 6.71. The van der Waals surface area contributed by atoms with Crippen LogP contribution < -0.4 is 10.1 Å². The van der Waals surface area contributed by atoms with Gasteiger partial charge in [0.05, 0.1) is 18.6 Å². The molecule has 3 aromatic rings. The van der Waals surface area contributed by atoms with Crippen LogP contribution in [0.15, 0.2) is 52.2 Å². The Labute approximate surface area is 202 Å². The number of hydrogen-bond acceptors (Lipinski definition) is 6. The van der Waals surface area contributed by atoms with Gasteiger partial charge in [-0.1, -0.05) is 30.3 Å². The number of ether oxygens (including phenoxy) is 1. The van der Waals surface area contributed by atoms with E-state index in [0.29, 0.717) is 29.2 Å². The number of fused-ring (bicyclic) bond motifs is 2. The van der Waals surface area contributed by atoms with Crippen molar-refractivity contribution < 1.29 is 18.3 Å². The molecule has 0 spiro atoms. The first kappa shape index (κ1) is 23.0. The summed E-state index contributed by atoms with van der Waals surface area (Å²) in [5.74, 6) is 3.34. The van der Waals surface area contributed by atoms with E-state index in [1.807, 2.05) is 6.07 Å². The molecule has 34 heavy (non-hydrogen) atoms. The summed E-state index contributed by atoms with van der Waals surface area (Å²) in [7, 11) is 0. The molecule has 0 aliphatic heterocycles. The molecule has 4 atom stereocenters. The van der Waals surface area contributed by atoms with Gasteiger partial charge in [-0.05, 0) is 68.2 Å². The fourth-order valence-electron chi connectivity index (χ4n) is 5.47. The van der Waals surface area contributed by atoms with E-state index >= 15 is 0 Å². The number of carbonyl (C=O) groups is 1. The van der Waals surface area contributed by atoms with Crippen molar-refractivity contribution in [2.24, 2.45) is 17.8 Å². The van der Waals surface area contributed by atoms with Crippen LogP contribution in [0.5, 0.6) is 5.75 Å². The van der Waals surface area contributed by atoms with Crippen LogP contribution in [0, 0.1) is 23.6 Å². The Balaban J connectivity index is 1.29. The average Bonchev–Trinajstić information content (AvgIpc) is 3.65. The van der Waals surface area contributed by atoms with Crippen molar-refractivity contribution in [3.05, 3.63) is 60.1 Å². The predicted octanol–water partition coefficient (Wildman–Crippen LogP) is 4.99. The van der Waals surface area contributed by atoms with Gasteiger partial charge in [-0.25, -0.2) is 4.39 Å². The fraction of sp³-hybridized carbons (Fsp3) is 0.480. The molecule has 2 aliphatic carbocycles. The summed E-state index contributed by atoms with van der Waals surface area (Å²) in [5.41, 5.74) is 0. The highest BCUT2D eigenvalue weighted by Gasteiger charge is 2.43. The summed E-state index contributed by atoms with van der Waals surface area (Å²) in [4.78, 5) is 12.4. The fourth-order valence-corrected chi connectivity index (χ4v) is 6.35. The number of carbonyl (C=O) groups excluding carboxylic acids is 1. The maximum Gasteiger partial charge on any atom is 0.230 e. The molecule has 1 aromatic carbocycles. The van der Waals surface area contributed by atoms with E-state index in [9.17, 15) is 9.18 Å². The lowest BCUT2D eigenvalue weighted by Gasteiger charge is -2.30. The first-order valence-corrected chi connectivity index (χ1v) is 12.8. The largest absolute Gasteiger partial charge is 0.483 e. The Morgan fingerprint density at radius 2 is 2.15 bits per heavy atom. The number of hydrogen-bond donors (Lipinski definition) is 1.